The number of fused-ring (bicyclic) bond motifs is 5. The van der Waals surface area contributed by atoms with E-state index in [2.05, 4.69) is 19.9 Å². The molecule has 2 unspecified atom stereocenters. The van der Waals surface area contributed by atoms with E-state index < -0.39 is 0 Å². The zero-order chi connectivity index (χ0) is 14.8. The minimum Gasteiger partial charge on any atom is -0.513 e. The van der Waals surface area contributed by atoms with E-state index in [9.17, 15) is 10.2 Å². The molecule has 2 nitrogen and oxygen atoms in total. The van der Waals surface area contributed by atoms with Gasteiger partial charge in [0, 0.05) is 6.42 Å². The zero-order valence-electron chi connectivity index (χ0n) is 13.5. The Balaban J connectivity index is 1.66. The van der Waals surface area contributed by atoms with E-state index in [1.807, 2.05) is 0 Å². The standard InChI is InChI=1S/C19H30O2/c1-18-9-7-13(20)11-12(18)3-4-14-15-5-6-17(21)19(15,2)10-8-16(14)18/h11-12,14-17,20-21H,3-10H2,1-2H3/t12?,14-,15-,16-,17?,18-,19-/m0/s1. The van der Waals surface area contributed by atoms with E-state index in [0.29, 0.717) is 17.1 Å². The van der Waals surface area contributed by atoms with Gasteiger partial charge >= 0.3 is 0 Å². The highest BCUT2D eigenvalue weighted by Gasteiger charge is 2.59. The lowest BCUT2D eigenvalue weighted by Gasteiger charge is -2.59. The molecule has 0 bridgehead atoms. The van der Waals surface area contributed by atoms with E-state index in [1.165, 1.54) is 32.1 Å². The maximum Gasteiger partial charge on any atom is 0.0886 e. The van der Waals surface area contributed by atoms with Gasteiger partial charge in [-0.05, 0) is 85.5 Å². The molecule has 0 aliphatic heterocycles. The Morgan fingerprint density at radius 3 is 2.52 bits per heavy atom. The van der Waals surface area contributed by atoms with Crippen LogP contribution in [-0.2, 0) is 0 Å². The van der Waals surface area contributed by atoms with E-state index >= 15 is 0 Å². The van der Waals surface area contributed by atoms with Crippen molar-refractivity contribution in [3.8, 4) is 0 Å². The van der Waals surface area contributed by atoms with E-state index in [1.54, 1.807) is 0 Å². The van der Waals surface area contributed by atoms with Crippen molar-refractivity contribution >= 4 is 0 Å². The van der Waals surface area contributed by atoms with Crippen LogP contribution < -0.4 is 0 Å². The van der Waals surface area contributed by atoms with Gasteiger partial charge < -0.3 is 10.2 Å². The molecule has 118 valence electrons. The molecule has 4 aliphatic rings. The van der Waals surface area contributed by atoms with Crippen LogP contribution in [0.25, 0.3) is 0 Å². The second-order valence-corrected chi connectivity index (χ2v) is 8.86. The van der Waals surface area contributed by atoms with Gasteiger partial charge in [-0.15, -0.1) is 0 Å². The second-order valence-electron chi connectivity index (χ2n) is 8.86. The fourth-order valence-electron chi connectivity index (χ4n) is 6.82. The highest BCUT2D eigenvalue weighted by atomic mass is 16.3. The fourth-order valence-corrected chi connectivity index (χ4v) is 6.82. The van der Waals surface area contributed by atoms with Gasteiger partial charge in [-0.2, -0.15) is 0 Å². The maximum absolute atomic E-state index is 10.5. The molecule has 0 radical (unpaired) electrons. The van der Waals surface area contributed by atoms with Crippen molar-refractivity contribution in [2.45, 2.75) is 71.3 Å². The quantitative estimate of drug-likeness (QED) is 0.692. The molecule has 2 heteroatoms. The van der Waals surface area contributed by atoms with Crippen LogP contribution in [0.5, 0.6) is 0 Å². The third kappa shape index (κ3) is 1.81. The van der Waals surface area contributed by atoms with Crippen LogP contribution >= 0.6 is 0 Å². The van der Waals surface area contributed by atoms with Crippen molar-refractivity contribution in [3.63, 3.8) is 0 Å². The van der Waals surface area contributed by atoms with Crippen LogP contribution in [0.2, 0.25) is 0 Å². The first kappa shape index (κ1) is 14.1. The molecule has 4 rings (SSSR count). The van der Waals surface area contributed by atoms with Crippen LogP contribution in [0.3, 0.4) is 0 Å². The van der Waals surface area contributed by atoms with Gasteiger partial charge in [0.25, 0.3) is 0 Å². The predicted molar refractivity (Wildman–Crippen MR) is 83.8 cm³/mol. The highest BCUT2D eigenvalue weighted by Crippen LogP contribution is 2.65. The monoisotopic (exact) mass is 290 g/mol. The summed E-state index contributed by atoms with van der Waals surface area (Å²) in [6.07, 6.45) is 11.4. The smallest absolute Gasteiger partial charge is 0.0886 e. The topological polar surface area (TPSA) is 40.5 Å². The first-order valence-electron chi connectivity index (χ1n) is 9.03. The third-order valence-electron chi connectivity index (χ3n) is 8.21. The Kier molecular flexibility index (Phi) is 3.03. The number of aliphatic hydroxyl groups excluding tert-OH is 2. The van der Waals surface area contributed by atoms with Gasteiger partial charge in [0.2, 0.25) is 0 Å². The Hall–Kier alpha value is -0.500. The Labute approximate surface area is 128 Å². The molecule has 4 aliphatic carbocycles. The molecular weight excluding hydrogens is 260 g/mol. The lowest BCUT2D eigenvalue weighted by Crippen LogP contribution is -2.52. The summed E-state index contributed by atoms with van der Waals surface area (Å²) < 4.78 is 0. The van der Waals surface area contributed by atoms with Crippen molar-refractivity contribution in [1.82, 2.24) is 0 Å². The van der Waals surface area contributed by atoms with Crippen molar-refractivity contribution in [2.75, 3.05) is 0 Å². The normalized spacial score (nSPS) is 56.1. The molecule has 21 heavy (non-hydrogen) atoms. The Morgan fingerprint density at radius 2 is 1.71 bits per heavy atom. The van der Waals surface area contributed by atoms with E-state index in [4.69, 9.17) is 0 Å². The molecule has 0 spiro atoms. The molecule has 2 N–H and O–H groups in total. The number of aliphatic hydroxyl groups is 2. The lowest BCUT2D eigenvalue weighted by molar-refractivity contribution is -0.106. The first-order valence-corrected chi connectivity index (χ1v) is 9.03. The summed E-state index contributed by atoms with van der Waals surface area (Å²) in [5.41, 5.74) is 0.584. The molecule has 0 saturated heterocycles. The fraction of sp³-hybridized carbons (Fsp3) is 0.895. The third-order valence-corrected chi connectivity index (χ3v) is 8.21. The first-order chi connectivity index (χ1) is 9.95. The highest BCUT2D eigenvalue weighted by molar-refractivity contribution is 5.15. The molecule has 7 atom stereocenters. The summed E-state index contributed by atoms with van der Waals surface area (Å²) in [6, 6.07) is 0. The number of hydrogen-bond acceptors (Lipinski definition) is 2. The number of rotatable bonds is 0. The Morgan fingerprint density at radius 1 is 0.952 bits per heavy atom. The summed E-state index contributed by atoms with van der Waals surface area (Å²) in [4.78, 5) is 0. The Bertz CT molecular complexity index is 470. The van der Waals surface area contributed by atoms with Gasteiger partial charge in [-0.3, -0.25) is 0 Å². The molecule has 3 saturated carbocycles. The van der Waals surface area contributed by atoms with Gasteiger partial charge in [-0.1, -0.05) is 13.8 Å². The lowest BCUT2D eigenvalue weighted by atomic mass is 9.46. The van der Waals surface area contributed by atoms with Gasteiger partial charge in [0.15, 0.2) is 0 Å². The van der Waals surface area contributed by atoms with E-state index in [-0.39, 0.29) is 11.5 Å². The summed E-state index contributed by atoms with van der Waals surface area (Å²) >= 11 is 0. The van der Waals surface area contributed by atoms with Crippen LogP contribution in [0, 0.1) is 34.5 Å². The SMILES string of the molecule is C[C@]12CCC(O)=CC1CC[C@@H]1[C@@H]2CC[C@]2(C)C(O)CC[C@@H]12. The molecular formula is C19H30O2. The summed E-state index contributed by atoms with van der Waals surface area (Å²) in [5, 5.41) is 20.4. The zero-order valence-corrected chi connectivity index (χ0v) is 13.5. The summed E-state index contributed by atoms with van der Waals surface area (Å²) in [7, 11) is 0. The summed E-state index contributed by atoms with van der Waals surface area (Å²) in [6.45, 7) is 4.85. The van der Waals surface area contributed by atoms with Gasteiger partial charge in [0.05, 0.1) is 11.9 Å². The van der Waals surface area contributed by atoms with Crippen LogP contribution in [0.15, 0.2) is 11.8 Å². The second kappa shape index (κ2) is 4.50. The molecule has 3 fully saturated rings. The largest absolute Gasteiger partial charge is 0.513 e. The van der Waals surface area contributed by atoms with Crippen molar-refractivity contribution in [2.24, 2.45) is 34.5 Å². The van der Waals surface area contributed by atoms with Crippen LogP contribution in [0.4, 0.5) is 0 Å². The van der Waals surface area contributed by atoms with E-state index in [0.717, 1.165) is 37.0 Å². The van der Waals surface area contributed by atoms with Crippen LogP contribution in [-0.4, -0.2) is 16.3 Å². The van der Waals surface area contributed by atoms with Gasteiger partial charge in [-0.25, -0.2) is 0 Å². The molecule has 0 aromatic heterocycles. The number of hydrogen-bond donors (Lipinski definition) is 2. The van der Waals surface area contributed by atoms with Crippen LogP contribution in [0.1, 0.15) is 65.2 Å². The molecule has 0 heterocycles. The average Bonchev–Trinajstić information content (AvgIpc) is 2.76. The van der Waals surface area contributed by atoms with Crippen molar-refractivity contribution in [1.29, 1.82) is 0 Å². The average molecular weight is 290 g/mol. The van der Waals surface area contributed by atoms with Crippen molar-refractivity contribution < 1.29 is 10.2 Å². The van der Waals surface area contributed by atoms with Gasteiger partial charge in [0.1, 0.15) is 0 Å². The molecule has 0 aromatic rings. The minimum atomic E-state index is -0.0655. The molecule has 0 amide bonds. The van der Waals surface area contributed by atoms with Crippen molar-refractivity contribution in [3.05, 3.63) is 11.8 Å². The maximum atomic E-state index is 10.5. The minimum absolute atomic E-state index is 0.0655. The number of allylic oxidation sites excluding steroid dienone is 2. The molecule has 0 aromatic carbocycles. The summed E-state index contributed by atoms with van der Waals surface area (Å²) in [5.74, 6) is 3.58. The predicted octanol–water partition coefficient (Wildman–Crippen LogP) is 4.44.